The molecule has 0 atom stereocenters. The third kappa shape index (κ3) is 8.60. The number of amides is 2. The van der Waals surface area contributed by atoms with E-state index in [0.717, 1.165) is 20.9 Å². The molecule has 0 saturated heterocycles. The van der Waals surface area contributed by atoms with E-state index in [2.05, 4.69) is 10.6 Å². The zero-order valence-electron chi connectivity index (χ0n) is 21.7. The molecule has 2 N–H and O–H groups in total. The summed E-state index contributed by atoms with van der Waals surface area (Å²) in [7, 11) is 6.04. The van der Waals surface area contributed by atoms with Crippen molar-refractivity contribution in [2.24, 2.45) is 0 Å². The van der Waals surface area contributed by atoms with E-state index in [4.69, 9.17) is 32.7 Å². The first-order valence-electron chi connectivity index (χ1n) is 12.1. The average molecular weight is 614 g/mol. The molecular weight excluding hydrogens is 587 g/mol. The molecule has 4 rings (SSSR count). The topological polar surface area (TPSA) is 76.7 Å². The van der Waals surface area contributed by atoms with Crippen molar-refractivity contribution < 1.29 is 19.1 Å². The largest absolute Gasteiger partial charge is 0.497 e. The van der Waals surface area contributed by atoms with Gasteiger partial charge in [-0.3, -0.25) is 9.59 Å². The Morgan fingerprint density at radius 1 is 0.625 bits per heavy atom. The summed E-state index contributed by atoms with van der Waals surface area (Å²) < 4.78 is 10.8. The normalized spacial score (nSPS) is 10.6. The van der Waals surface area contributed by atoms with Gasteiger partial charge in [0, 0.05) is 19.8 Å². The fourth-order valence-electron chi connectivity index (χ4n) is 3.66. The van der Waals surface area contributed by atoms with Gasteiger partial charge in [-0.25, -0.2) is 0 Å². The predicted molar refractivity (Wildman–Crippen MR) is 165 cm³/mol. The maximum absolute atomic E-state index is 12.8. The van der Waals surface area contributed by atoms with E-state index in [9.17, 15) is 9.59 Å². The maximum atomic E-state index is 12.8. The van der Waals surface area contributed by atoms with Crippen LogP contribution in [0.5, 0.6) is 11.5 Å². The number of ether oxygens (including phenoxy) is 2. The second-order valence-corrected chi connectivity index (χ2v) is 11.7. The van der Waals surface area contributed by atoms with Crippen molar-refractivity contribution in [3.63, 3.8) is 0 Å². The van der Waals surface area contributed by atoms with Gasteiger partial charge in [0.25, 0.3) is 0 Å². The number of halogens is 2. The summed E-state index contributed by atoms with van der Waals surface area (Å²) in [5.74, 6) is 0.994. The van der Waals surface area contributed by atoms with Crippen LogP contribution >= 0.6 is 44.8 Å². The van der Waals surface area contributed by atoms with Crippen LogP contribution in [-0.4, -0.2) is 26.0 Å². The fraction of sp³-hybridized carbons (Fsp3) is 0.133. The highest BCUT2D eigenvalue weighted by Gasteiger charge is 2.14. The Kier molecular flexibility index (Phi) is 10.7. The van der Waals surface area contributed by atoms with Crippen molar-refractivity contribution >= 4 is 68.0 Å². The van der Waals surface area contributed by atoms with Gasteiger partial charge in [0.2, 0.25) is 11.8 Å². The van der Waals surface area contributed by atoms with Gasteiger partial charge in [-0.2, -0.15) is 0 Å². The van der Waals surface area contributed by atoms with Crippen molar-refractivity contribution in [3.05, 3.63) is 106 Å². The molecule has 0 aliphatic heterocycles. The summed E-state index contributed by atoms with van der Waals surface area (Å²) in [6.45, 7) is 0. The van der Waals surface area contributed by atoms with Crippen molar-refractivity contribution in [2.75, 3.05) is 24.9 Å². The fourth-order valence-corrected chi connectivity index (χ4v) is 6.20. The second-order valence-electron chi connectivity index (χ2n) is 8.59. The van der Waals surface area contributed by atoms with Crippen LogP contribution in [0.15, 0.2) is 94.7 Å². The van der Waals surface area contributed by atoms with E-state index < -0.39 is 0 Å². The monoisotopic (exact) mass is 612 g/mol. The molecule has 0 unspecified atom stereocenters. The molecule has 0 spiro atoms. The number of benzene rings is 4. The van der Waals surface area contributed by atoms with Crippen molar-refractivity contribution in [3.8, 4) is 11.5 Å². The third-order valence-electron chi connectivity index (χ3n) is 5.70. The smallest absolute Gasteiger partial charge is 0.228 e. The van der Waals surface area contributed by atoms with Crippen LogP contribution in [0, 0.1) is 0 Å². The van der Waals surface area contributed by atoms with Gasteiger partial charge in [-0.05, 0) is 71.8 Å². The van der Waals surface area contributed by atoms with Crippen LogP contribution in [-0.2, 0) is 22.4 Å². The van der Waals surface area contributed by atoms with Crippen molar-refractivity contribution in [1.82, 2.24) is 0 Å². The molecule has 0 radical (unpaired) electrons. The van der Waals surface area contributed by atoms with E-state index in [1.54, 1.807) is 50.6 Å². The summed E-state index contributed by atoms with van der Waals surface area (Å²) in [6.07, 6.45) is 0.417. The third-order valence-corrected chi connectivity index (χ3v) is 8.65. The maximum Gasteiger partial charge on any atom is 0.228 e. The Balaban J connectivity index is 1.49. The molecule has 206 valence electrons. The molecule has 0 saturated carbocycles. The number of carbonyl (C=O) groups excluding carboxylic acids is 2. The Morgan fingerprint density at radius 3 is 1.35 bits per heavy atom. The van der Waals surface area contributed by atoms with E-state index >= 15 is 0 Å². The number of nitrogens with one attached hydrogen (secondary N) is 2. The van der Waals surface area contributed by atoms with E-state index in [0.29, 0.717) is 32.9 Å². The van der Waals surface area contributed by atoms with Gasteiger partial charge in [-0.15, -0.1) is 0 Å². The highest BCUT2D eigenvalue weighted by atomic mass is 35.5. The van der Waals surface area contributed by atoms with Gasteiger partial charge in [0.1, 0.15) is 11.5 Å². The van der Waals surface area contributed by atoms with Crippen LogP contribution < -0.4 is 20.1 Å². The molecule has 4 aromatic carbocycles. The number of hydrogen-bond acceptors (Lipinski definition) is 6. The number of hydrogen-bond donors (Lipinski definition) is 2. The first kappa shape index (κ1) is 29.7. The van der Waals surface area contributed by atoms with Gasteiger partial charge in [-0.1, -0.05) is 69.1 Å². The lowest BCUT2D eigenvalue weighted by Crippen LogP contribution is -2.15. The summed E-state index contributed by atoms with van der Waals surface area (Å²) >= 11 is 11.9. The van der Waals surface area contributed by atoms with Crippen molar-refractivity contribution in [2.45, 2.75) is 22.6 Å². The summed E-state index contributed by atoms with van der Waals surface area (Å²) in [6, 6.07) is 25.3. The number of methoxy groups -OCH3 is 2. The summed E-state index contributed by atoms with van der Waals surface area (Å²) in [5.41, 5.74) is 3.01. The first-order valence-corrected chi connectivity index (χ1v) is 15.0. The number of carbonyl (C=O) groups is 2. The minimum absolute atomic E-state index is 0.157. The molecule has 0 bridgehead atoms. The summed E-state index contributed by atoms with van der Waals surface area (Å²) in [4.78, 5) is 27.2. The minimum atomic E-state index is -0.157. The van der Waals surface area contributed by atoms with Gasteiger partial charge < -0.3 is 20.1 Å². The molecule has 0 fully saturated rings. The van der Waals surface area contributed by atoms with E-state index in [1.165, 1.54) is 21.6 Å². The number of rotatable bonds is 11. The zero-order chi connectivity index (χ0) is 28.5. The van der Waals surface area contributed by atoms with Crippen LogP contribution in [0.25, 0.3) is 0 Å². The Labute approximate surface area is 251 Å². The Bertz CT molecular complexity index is 1370. The van der Waals surface area contributed by atoms with Crippen molar-refractivity contribution in [1.29, 1.82) is 0 Å². The first-order chi connectivity index (χ1) is 19.3. The SMILES string of the molecule is COc1ccc(NC(=O)Cc2ccc(Cl)cc2)c(SSc2cc(OC)ccc2NC(=O)Cc2ccc(Cl)cc2)c1. The van der Waals surface area contributed by atoms with Gasteiger partial charge in [0.15, 0.2) is 0 Å². The molecule has 10 heteroatoms. The molecule has 0 aliphatic carbocycles. The molecule has 0 aromatic heterocycles. The predicted octanol–water partition coefficient (Wildman–Crippen LogP) is 8.17. The standard InChI is InChI=1S/C30H26Cl2N2O4S2/c1-37-23-11-13-25(33-29(35)15-19-3-7-21(31)8-4-19)27(17-23)39-40-28-18-24(38-2)12-14-26(28)34-30(36)16-20-5-9-22(32)10-6-20/h3-14,17-18H,15-16H2,1-2H3,(H,33,35)(H,34,36). The molecule has 2 amide bonds. The molecule has 40 heavy (non-hydrogen) atoms. The quantitative estimate of drug-likeness (QED) is 0.166. The lowest BCUT2D eigenvalue weighted by molar-refractivity contribution is -0.116. The Hall–Kier alpha value is -3.30. The van der Waals surface area contributed by atoms with Crippen LogP contribution in [0.2, 0.25) is 10.0 Å². The average Bonchev–Trinajstić information content (AvgIpc) is 2.95. The molecule has 6 nitrogen and oxygen atoms in total. The van der Waals surface area contributed by atoms with E-state index in [-0.39, 0.29) is 24.7 Å². The molecule has 4 aromatic rings. The lowest BCUT2D eigenvalue weighted by Gasteiger charge is -2.15. The summed E-state index contributed by atoms with van der Waals surface area (Å²) in [5, 5.41) is 7.23. The molecule has 0 heterocycles. The minimum Gasteiger partial charge on any atom is -0.497 e. The number of anilines is 2. The van der Waals surface area contributed by atoms with E-state index in [1.807, 2.05) is 48.5 Å². The second kappa shape index (κ2) is 14.4. The zero-order valence-corrected chi connectivity index (χ0v) is 24.8. The highest BCUT2D eigenvalue weighted by molar-refractivity contribution is 8.76. The van der Waals surface area contributed by atoms with Crippen LogP contribution in [0.4, 0.5) is 11.4 Å². The molecule has 0 aliphatic rings. The van der Waals surface area contributed by atoms with Crippen LogP contribution in [0.3, 0.4) is 0 Å². The Morgan fingerprint density at radius 2 is 1.00 bits per heavy atom. The van der Waals surface area contributed by atoms with Crippen LogP contribution in [0.1, 0.15) is 11.1 Å². The van der Waals surface area contributed by atoms with Gasteiger partial charge >= 0.3 is 0 Å². The molecular formula is C30H26Cl2N2O4S2. The van der Waals surface area contributed by atoms with Gasteiger partial charge in [0.05, 0.1) is 38.4 Å². The highest BCUT2D eigenvalue weighted by Crippen LogP contribution is 2.45. The lowest BCUT2D eigenvalue weighted by atomic mass is 10.1.